The lowest BCUT2D eigenvalue weighted by molar-refractivity contribution is -0.138. The molecular weight excluding hydrogens is 242 g/mol. The highest BCUT2D eigenvalue weighted by atomic mass is 16.2. The fraction of sp³-hybridized carbons (Fsp3) is 0.857. The van der Waals surface area contributed by atoms with Gasteiger partial charge in [-0.05, 0) is 25.7 Å². The van der Waals surface area contributed by atoms with E-state index >= 15 is 0 Å². The zero-order valence-electron chi connectivity index (χ0n) is 11.7. The van der Waals surface area contributed by atoms with Crippen LogP contribution in [0.1, 0.15) is 45.4 Å². The van der Waals surface area contributed by atoms with Crippen LogP contribution in [0.4, 0.5) is 0 Å². The fourth-order valence-electron chi connectivity index (χ4n) is 3.23. The van der Waals surface area contributed by atoms with Crippen molar-refractivity contribution in [1.82, 2.24) is 10.2 Å². The summed E-state index contributed by atoms with van der Waals surface area (Å²) in [6, 6.07) is 0.260. The van der Waals surface area contributed by atoms with Crippen LogP contribution in [0, 0.1) is 5.92 Å². The van der Waals surface area contributed by atoms with Crippen molar-refractivity contribution in [3.05, 3.63) is 0 Å². The van der Waals surface area contributed by atoms with E-state index in [0.717, 1.165) is 51.6 Å². The normalized spacial score (nSPS) is 29.1. The van der Waals surface area contributed by atoms with Gasteiger partial charge in [0.1, 0.15) is 0 Å². The van der Waals surface area contributed by atoms with E-state index in [2.05, 4.69) is 5.32 Å². The van der Waals surface area contributed by atoms with Crippen molar-refractivity contribution in [2.75, 3.05) is 13.1 Å². The first-order valence-electron chi connectivity index (χ1n) is 7.39. The molecule has 1 aliphatic carbocycles. The first-order chi connectivity index (χ1) is 9.08. The van der Waals surface area contributed by atoms with Crippen molar-refractivity contribution in [2.45, 2.75) is 57.5 Å². The van der Waals surface area contributed by atoms with Gasteiger partial charge in [-0.25, -0.2) is 0 Å². The molecule has 2 unspecified atom stereocenters. The topological polar surface area (TPSA) is 75.4 Å². The van der Waals surface area contributed by atoms with E-state index in [1.54, 1.807) is 6.92 Å². The standard InChI is InChI=1S/C14H25N3O2/c1-10(18)16-11-6-8-17(9-7-11)14(19)12-4-2-3-5-13(12)15/h11-13H,2-9,15H2,1H3,(H,16,18). The second-order valence-electron chi connectivity index (χ2n) is 5.85. The number of hydrogen-bond donors (Lipinski definition) is 2. The maximum atomic E-state index is 12.5. The molecule has 0 bridgehead atoms. The number of amides is 2. The SMILES string of the molecule is CC(=O)NC1CCN(C(=O)C2CCCCC2N)CC1. The molecule has 2 fully saturated rings. The minimum absolute atomic E-state index is 0.0130. The van der Waals surface area contributed by atoms with Gasteiger partial charge in [0.2, 0.25) is 11.8 Å². The van der Waals surface area contributed by atoms with Crippen LogP contribution in [-0.2, 0) is 9.59 Å². The number of hydrogen-bond acceptors (Lipinski definition) is 3. The molecule has 2 aliphatic rings. The summed E-state index contributed by atoms with van der Waals surface area (Å²) in [4.78, 5) is 25.4. The Morgan fingerprint density at radius 2 is 1.74 bits per heavy atom. The summed E-state index contributed by atoms with van der Waals surface area (Å²) in [7, 11) is 0. The van der Waals surface area contributed by atoms with E-state index in [9.17, 15) is 9.59 Å². The number of likely N-dealkylation sites (tertiary alicyclic amines) is 1. The number of carbonyl (C=O) groups excluding carboxylic acids is 2. The average Bonchev–Trinajstić information content (AvgIpc) is 2.39. The molecule has 108 valence electrons. The van der Waals surface area contributed by atoms with E-state index in [1.807, 2.05) is 4.90 Å². The van der Waals surface area contributed by atoms with Gasteiger partial charge in [0.25, 0.3) is 0 Å². The van der Waals surface area contributed by atoms with Crippen molar-refractivity contribution < 1.29 is 9.59 Å². The van der Waals surface area contributed by atoms with Crippen LogP contribution >= 0.6 is 0 Å². The number of nitrogens with one attached hydrogen (secondary N) is 1. The third kappa shape index (κ3) is 3.69. The molecule has 19 heavy (non-hydrogen) atoms. The zero-order valence-corrected chi connectivity index (χ0v) is 11.7. The van der Waals surface area contributed by atoms with Crippen LogP contribution in [-0.4, -0.2) is 41.9 Å². The summed E-state index contributed by atoms with van der Waals surface area (Å²) < 4.78 is 0. The molecule has 0 aromatic heterocycles. The zero-order chi connectivity index (χ0) is 13.8. The lowest BCUT2D eigenvalue weighted by atomic mass is 9.83. The number of nitrogens with two attached hydrogens (primary N) is 1. The smallest absolute Gasteiger partial charge is 0.227 e. The minimum Gasteiger partial charge on any atom is -0.353 e. The van der Waals surface area contributed by atoms with E-state index in [4.69, 9.17) is 5.73 Å². The maximum Gasteiger partial charge on any atom is 0.227 e. The van der Waals surface area contributed by atoms with Gasteiger partial charge < -0.3 is 16.0 Å². The van der Waals surface area contributed by atoms with Gasteiger partial charge in [-0.1, -0.05) is 12.8 Å². The minimum atomic E-state index is 0.0130. The van der Waals surface area contributed by atoms with Crippen molar-refractivity contribution in [1.29, 1.82) is 0 Å². The van der Waals surface area contributed by atoms with Gasteiger partial charge in [-0.2, -0.15) is 0 Å². The lowest BCUT2D eigenvalue weighted by Gasteiger charge is -2.37. The van der Waals surface area contributed by atoms with Crippen LogP contribution in [0.15, 0.2) is 0 Å². The third-order valence-electron chi connectivity index (χ3n) is 4.35. The average molecular weight is 267 g/mol. The number of nitrogens with zero attached hydrogens (tertiary/aromatic N) is 1. The van der Waals surface area contributed by atoms with Gasteiger partial charge in [0, 0.05) is 32.1 Å². The Morgan fingerprint density at radius 1 is 1.11 bits per heavy atom. The molecule has 0 radical (unpaired) electrons. The van der Waals surface area contributed by atoms with Crippen molar-refractivity contribution in [3.8, 4) is 0 Å². The highest BCUT2D eigenvalue weighted by molar-refractivity contribution is 5.80. The highest BCUT2D eigenvalue weighted by Gasteiger charge is 2.33. The number of piperidine rings is 1. The Kier molecular flexibility index (Phi) is 4.80. The van der Waals surface area contributed by atoms with Gasteiger partial charge >= 0.3 is 0 Å². The fourth-order valence-corrected chi connectivity index (χ4v) is 3.23. The maximum absolute atomic E-state index is 12.5. The van der Waals surface area contributed by atoms with Crippen molar-refractivity contribution in [3.63, 3.8) is 0 Å². The molecule has 2 atom stereocenters. The molecule has 1 aliphatic heterocycles. The molecule has 1 heterocycles. The van der Waals surface area contributed by atoms with Gasteiger partial charge in [-0.15, -0.1) is 0 Å². The first kappa shape index (κ1) is 14.3. The third-order valence-corrected chi connectivity index (χ3v) is 4.35. The summed E-state index contributed by atoms with van der Waals surface area (Å²) in [5.41, 5.74) is 6.08. The summed E-state index contributed by atoms with van der Waals surface area (Å²) in [6.45, 7) is 3.03. The van der Waals surface area contributed by atoms with Crippen LogP contribution in [0.5, 0.6) is 0 Å². The van der Waals surface area contributed by atoms with Crippen LogP contribution in [0.25, 0.3) is 0 Å². The second-order valence-corrected chi connectivity index (χ2v) is 5.85. The Hall–Kier alpha value is -1.10. The van der Waals surface area contributed by atoms with Gasteiger partial charge in [0.05, 0.1) is 5.92 Å². The van der Waals surface area contributed by atoms with Crippen LogP contribution in [0.3, 0.4) is 0 Å². The van der Waals surface area contributed by atoms with Crippen molar-refractivity contribution in [2.24, 2.45) is 11.7 Å². The van der Waals surface area contributed by atoms with E-state index in [1.165, 1.54) is 0 Å². The Balaban J connectivity index is 1.83. The molecule has 0 spiro atoms. The highest BCUT2D eigenvalue weighted by Crippen LogP contribution is 2.26. The van der Waals surface area contributed by atoms with E-state index < -0.39 is 0 Å². The molecule has 5 heteroatoms. The number of carbonyl (C=O) groups is 2. The predicted octanol–water partition coefficient (Wildman–Crippen LogP) is 0.631. The molecule has 1 saturated carbocycles. The van der Waals surface area contributed by atoms with Crippen molar-refractivity contribution >= 4 is 11.8 Å². The Bertz CT molecular complexity index is 338. The summed E-state index contributed by atoms with van der Waals surface area (Å²) >= 11 is 0. The molecule has 3 N–H and O–H groups in total. The molecule has 0 aromatic rings. The molecule has 0 aromatic carbocycles. The lowest BCUT2D eigenvalue weighted by Crippen LogP contribution is -2.51. The predicted molar refractivity (Wildman–Crippen MR) is 73.4 cm³/mol. The van der Waals surface area contributed by atoms with Crippen LogP contribution in [0.2, 0.25) is 0 Å². The Morgan fingerprint density at radius 3 is 2.32 bits per heavy atom. The monoisotopic (exact) mass is 267 g/mol. The Labute approximate surface area is 114 Å². The summed E-state index contributed by atoms with van der Waals surface area (Å²) in [6.07, 6.45) is 5.88. The van der Waals surface area contributed by atoms with Gasteiger partial charge in [-0.3, -0.25) is 9.59 Å². The molecule has 5 nitrogen and oxygen atoms in total. The van der Waals surface area contributed by atoms with E-state index in [-0.39, 0.29) is 29.8 Å². The summed E-state index contributed by atoms with van der Waals surface area (Å²) in [5, 5.41) is 2.93. The number of rotatable bonds is 2. The molecule has 2 amide bonds. The molecular formula is C14H25N3O2. The van der Waals surface area contributed by atoms with E-state index in [0.29, 0.717) is 0 Å². The quantitative estimate of drug-likeness (QED) is 0.770. The molecule has 2 rings (SSSR count). The van der Waals surface area contributed by atoms with Crippen LogP contribution < -0.4 is 11.1 Å². The first-order valence-corrected chi connectivity index (χ1v) is 7.39. The van der Waals surface area contributed by atoms with Gasteiger partial charge in [0.15, 0.2) is 0 Å². The summed E-state index contributed by atoms with van der Waals surface area (Å²) in [5.74, 6) is 0.263. The second kappa shape index (κ2) is 6.37. The molecule has 1 saturated heterocycles. The largest absolute Gasteiger partial charge is 0.353 e.